The quantitative estimate of drug-likeness (QED) is 0.750. The number of fused-ring (bicyclic) bond motifs is 5. The van der Waals surface area contributed by atoms with Crippen LogP contribution in [0.4, 0.5) is 5.82 Å². The van der Waals surface area contributed by atoms with Gasteiger partial charge in [-0.15, -0.1) is 0 Å². The van der Waals surface area contributed by atoms with Gasteiger partial charge in [0.1, 0.15) is 17.0 Å². The van der Waals surface area contributed by atoms with Gasteiger partial charge in [-0.25, -0.2) is 9.78 Å². The van der Waals surface area contributed by atoms with E-state index in [0.29, 0.717) is 23.1 Å². The molecule has 7 heteroatoms. The van der Waals surface area contributed by atoms with Crippen molar-refractivity contribution in [2.24, 2.45) is 0 Å². The summed E-state index contributed by atoms with van der Waals surface area (Å²) in [5.41, 5.74) is 2.02. The molecule has 2 bridgehead atoms. The summed E-state index contributed by atoms with van der Waals surface area (Å²) in [6, 6.07) is 0.993. The van der Waals surface area contributed by atoms with Crippen molar-refractivity contribution < 1.29 is 9.90 Å². The molecule has 0 saturated carbocycles. The lowest BCUT2D eigenvalue weighted by Crippen LogP contribution is -2.44. The average Bonchev–Trinajstić information content (AvgIpc) is 3.29. The number of nitrogens with zero attached hydrogens (tertiary/aromatic N) is 2. The van der Waals surface area contributed by atoms with Gasteiger partial charge in [0.25, 0.3) is 0 Å². The molecule has 3 aliphatic rings. The lowest BCUT2D eigenvalue weighted by Gasteiger charge is -2.30. The fraction of sp³-hybridized carbons (Fsp3) is 0.471. The molecule has 0 radical (unpaired) electrons. The zero-order valence-corrected chi connectivity index (χ0v) is 13.1. The number of carboxylic acid groups (broad SMARTS) is 1. The molecule has 2 fully saturated rings. The number of aromatic carboxylic acids is 1. The first kappa shape index (κ1) is 14.0. The third-order valence-electron chi connectivity index (χ3n) is 5.63. The predicted octanol–water partition coefficient (Wildman–Crippen LogP) is 0.661. The van der Waals surface area contributed by atoms with Gasteiger partial charge in [-0.1, -0.05) is 0 Å². The van der Waals surface area contributed by atoms with Crippen molar-refractivity contribution in [3.63, 3.8) is 0 Å². The average molecular weight is 326 g/mol. The summed E-state index contributed by atoms with van der Waals surface area (Å²) in [7, 11) is 0. The highest BCUT2D eigenvalue weighted by Gasteiger charge is 2.40. The summed E-state index contributed by atoms with van der Waals surface area (Å²) >= 11 is 0. The molecule has 5 rings (SSSR count). The van der Waals surface area contributed by atoms with Crippen molar-refractivity contribution in [2.75, 3.05) is 18.0 Å². The number of carbonyl (C=O) groups is 1. The molecule has 3 N–H and O–H groups in total. The number of aryl methyl sites for hydroxylation is 1. The van der Waals surface area contributed by atoms with Gasteiger partial charge in [0, 0.05) is 31.4 Å². The molecule has 0 aromatic carbocycles. The Bertz CT molecular complexity index is 936. The highest BCUT2D eigenvalue weighted by molar-refractivity contribution is 5.93. The van der Waals surface area contributed by atoms with Gasteiger partial charge < -0.3 is 20.3 Å². The van der Waals surface area contributed by atoms with Crippen molar-refractivity contribution in [1.82, 2.24) is 15.3 Å². The van der Waals surface area contributed by atoms with E-state index in [9.17, 15) is 14.7 Å². The fourth-order valence-corrected chi connectivity index (χ4v) is 4.55. The fourth-order valence-electron chi connectivity index (χ4n) is 4.55. The second-order valence-electron chi connectivity index (χ2n) is 6.95. The van der Waals surface area contributed by atoms with E-state index in [0.717, 1.165) is 55.7 Å². The third-order valence-corrected chi connectivity index (χ3v) is 5.63. The maximum Gasteiger partial charge on any atom is 0.341 e. The lowest BCUT2D eigenvalue weighted by atomic mass is 10.0. The summed E-state index contributed by atoms with van der Waals surface area (Å²) in [5.74, 6) is -0.209. The zero-order chi connectivity index (χ0) is 16.4. The van der Waals surface area contributed by atoms with E-state index in [1.807, 2.05) is 0 Å². The lowest BCUT2D eigenvalue weighted by molar-refractivity contribution is 0.0695. The van der Waals surface area contributed by atoms with Gasteiger partial charge in [0.2, 0.25) is 5.43 Å². The van der Waals surface area contributed by atoms with Crippen LogP contribution in [0.25, 0.3) is 11.0 Å². The number of carboxylic acids is 1. The predicted molar refractivity (Wildman–Crippen MR) is 88.9 cm³/mol. The summed E-state index contributed by atoms with van der Waals surface area (Å²) in [6.07, 6.45) is 5.12. The molecular weight excluding hydrogens is 308 g/mol. The maximum absolute atomic E-state index is 12.6. The molecule has 2 saturated heterocycles. The summed E-state index contributed by atoms with van der Waals surface area (Å²) < 4.78 is 0. The number of nitrogens with one attached hydrogen (secondary N) is 2. The van der Waals surface area contributed by atoms with Crippen LogP contribution in [0, 0.1) is 0 Å². The molecule has 2 aliphatic heterocycles. The van der Waals surface area contributed by atoms with Crippen LogP contribution in [-0.4, -0.2) is 46.2 Å². The molecule has 0 unspecified atom stereocenters. The Balaban J connectivity index is 1.75. The number of hydrogen-bond acceptors (Lipinski definition) is 5. The smallest absolute Gasteiger partial charge is 0.341 e. The van der Waals surface area contributed by atoms with Gasteiger partial charge in [0.15, 0.2) is 0 Å². The number of H-pyrrole nitrogens is 1. The van der Waals surface area contributed by atoms with Crippen LogP contribution in [0.3, 0.4) is 0 Å². The molecule has 1 aliphatic carbocycles. The van der Waals surface area contributed by atoms with E-state index >= 15 is 0 Å². The Morgan fingerprint density at radius 2 is 2.17 bits per heavy atom. The summed E-state index contributed by atoms with van der Waals surface area (Å²) in [5, 5.41) is 13.2. The van der Waals surface area contributed by atoms with Crippen LogP contribution in [-0.2, 0) is 12.8 Å². The minimum atomic E-state index is -1.20. The van der Waals surface area contributed by atoms with Gasteiger partial charge in [-0.3, -0.25) is 4.79 Å². The zero-order valence-electron chi connectivity index (χ0n) is 13.1. The van der Waals surface area contributed by atoms with Crippen LogP contribution in [0.5, 0.6) is 0 Å². The van der Waals surface area contributed by atoms with Gasteiger partial charge in [-0.05, 0) is 36.8 Å². The second-order valence-corrected chi connectivity index (χ2v) is 6.95. The van der Waals surface area contributed by atoms with Crippen molar-refractivity contribution in [3.05, 3.63) is 33.1 Å². The summed E-state index contributed by atoms with van der Waals surface area (Å²) in [4.78, 5) is 34.0. The maximum atomic E-state index is 12.6. The van der Waals surface area contributed by atoms with Crippen LogP contribution >= 0.6 is 0 Å². The van der Waals surface area contributed by atoms with E-state index in [1.165, 1.54) is 6.20 Å². The van der Waals surface area contributed by atoms with Gasteiger partial charge in [-0.2, -0.15) is 0 Å². The Labute approximate surface area is 137 Å². The first-order chi connectivity index (χ1) is 11.6. The molecule has 124 valence electrons. The number of aromatic amines is 1. The van der Waals surface area contributed by atoms with Crippen molar-refractivity contribution in [2.45, 2.75) is 37.8 Å². The third kappa shape index (κ3) is 1.78. The molecular formula is C17H18N4O3. The monoisotopic (exact) mass is 326 g/mol. The van der Waals surface area contributed by atoms with Gasteiger partial charge in [0.05, 0.1) is 5.39 Å². The minimum absolute atomic E-state index is 0.212. The normalized spacial score (nSPS) is 24.8. The van der Waals surface area contributed by atoms with E-state index in [4.69, 9.17) is 4.98 Å². The summed E-state index contributed by atoms with van der Waals surface area (Å²) in [6.45, 7) is 1.93. The second kappa shape index (κ2) is 4.80. The van der Waals surface area contributed by atoms with Crippen LogP contribution in [0.1, 0.15) is 34.3 Å². The Morgan fingerprint density at radius 3 is 2.88 bits per heavy atom. The Kier molecular flexibility index (Phi) is 2.79. The van der Waals surface area contributed by atoms with E-state index in [2.05, 4.69) is 15.2 Å². The van der Waals surface area contributed by atoms with Crippen molar-refractivity contribution in [3.8, 4) is 0 Å². The molecule has 2 aromatic rings. The first-order valence-corrected chi connectivity index (χ1v) is 8.44. The van der Waals surface area contributed by atoms with Gasteiger partial charge >= 0.3 is 5.97 Å². The van der Waals surface area contributed by atoms with Crippen molar-refractivity contribution >= 4 is 22.8 Å². The first-order valence-electron chi connectivity index (χ1n) is 8.44. The topological polar surface area (TPSA) is 98.3 Å². The van der Waals surface area contributed by atoms with Crippen molar-refractivity contribution in [1.29, 1.82) is 0 Å². The number of rotatable bonds is 2. The molecule has 24 heavy (non-hydrogen) atoms. The highest BCUT2D eigenvalue weighted by atomic mass is 16.4. The minimum Gasteiger partial charge on any atom is -0.477 e. The molecule has 2 aromatic heterocycles. The Hall–Kier alpha value is -2.41. The number of anilines is 1. The number of piperazine rings is 1. The SMILES string of the molecule is O=C(O)c1c[nH]c2nc(N3C[C@@H]4C[C@@H]3CN4)c3c(c2c1=O)CCC3. The molecule has 4 heterocycles. The van der Waals surface area contributed by atoms with E-state index < -0.39 is 11.4 Å². The number of aromatic nitrogens is 2. The van der Waals surface area contributed by atoms with E-state index in [-0.39, 0.29) is 5.56 Å². The van der Waals surface area contributed by atoms with E-state index in [1.54, 1.807) is 0 Å². The number of pyridine rings is 2. The van der Waals surface area contributed by atoms with Crippen LogP contribution in [0.15, 0.2) is 11.0 Å². The number of hydrogen-bond donors (Lipinski definition) is 3. The largest absolute Gasteiger partial charge is 0.477 e. The molecule has 7 nitrogen and oxygen atoms in total. The Morgan fingerprint density at radius 1 is 1.33 bits per heavy atom. The highest BCUT2D eigenvalue weighted by Crippen LogP contribution is 2.37. The molecule has 0 spiro atoms. The molecule has 0 amide bonds. The standard InChI is InChI=1S/C17H18N4O3/c22-14-12(17(23)24)6-19-15-13(14)10-2-1-3-11(10)16(20-15)21-7-8-4-9(21)5-18-8/h6,8-9,18H,1-5,7H2,(H,23,24)(H,19,20,22)/t8-,9+/m0/s1. The van der Waals surface area contributed by atoms with Crippen LogP contribution in [0.2, 0.25) is 0 Å². The van der Waals surface area contributed by atoms with Crippen LogP contribution < -0.4 is 15.6 Å². The molecule has 2 atom stereocenters.